The summed E-state index contributed by atoms with van der Waals surface area (Å²) in [5, 5.41) is 2.86. The van der Waals surface area contributed by atoms with Crippen LogP contribution in [0.1, 0.15) is 31.9 Å². The van der Waals surface area contributed by atoms with Gasteiger partial charge in [-0.15, -0.1) is 0 Å². The third-order valence-corrected chi connectivity index (χ3v) is 7.89. The number of methoxy groups -OCH3 is 1. The molecule has 2 N–H and O–H groups in total. The number of rotatable bonds is 12. The van der Waals surface area contributed by atoms with E-state index in [4.69, 9.17) is 30.5 Å². The second-order valence-electron chi connectivity index (χ2n) is 10.5. The molecule has 0 spiro atoms. The van der Waals surface area contributed by atoms with Crippen molar-refractivity contribution in [1.29, 1.82) is 0 Å². The Morgan fingerprint density at radius 3 is 2.36 bits per heavy atom. The summed E-state index contributed by atoms with van der Waals surface area (Å²) in [6.45, 7) is 6.14. The van der Waals surface area contributed by atoms with Crippen molar-refractivity contribution in [2.75, 3.05) is 25.0 Å². The molecule has 44 heavy (non-hydrogen) atoms. The van der Waals surface area contributed by atoms with Crippen molar-refractivity contribution in [2.45, 2.75) is 37.6 Å². The van der Waals surface area contributed by atoms with Crippen LogP contribution in [-0.4, -0.2) is 44.8 Å². The Bertz CT molecular complexity index is 1680. The van der Waals surface area contributed by atoms with E-state index in [1.807, 2.05) is 51.1 Å². The molecule has 1 aromatic heterocycles. The number of carbonyl (C=O) groups is 1. The maximum absolute atomic E-state index is 13.4. The van der Waals surface area contributed by atoms with Crippen LogP contribution < -0.4 is 24.2 Å². The number of anilines is 1. The molecule has 0 unspecified atom stereocenters. The van der Waals surface area contributed by atoms with Crippen molar-refractivity contribution in [1.82, 2.24) is 15.3 Å². The number of hydrogen-bond donors (Lipinski definition) is 2. The van der Waals surface area contributed by atoms with Gasteiger partial charge in [0.05, 0.1) is 17.0 Å². The third kappa shape index (κ3) is 8.74. The van der Waals surface area contributed by atoms with Gasteiger partial charge in [0.25, 0.3) is 15.9 Å². The number of nitrogens with zero attached hydrogens (tertiary/aromatic N) is 2. The van der Waals surface area contributed by atoms with Crippen LogP contribution in [0, 0.1) is 0 Å². The topological polar surface area (TPSA) is 138 Å². The molecule has 4 aromatic rings. The first kappa shape index (κ1) is 32.4. The molecule has 0 bridgehead atoms. The summed E-state index contributed by atoms with van der Waals surface area (Å²) in [7, 11) is -2.63. The fourth-order valence-corrected chi connectivity index (χ4v) is 5.01. The van der Waals surface area contributed by atoms with Gasteiger partial charge in [-0.1, -0.05) is 74.8 Å². The predicted molar refractivity (Wildman–Crippen MR) is 166 cm³/mol. The van der Waals surface area contributed by atoms with Crippen molar-refractivity contribution in [3.8, 4) is 23.1 Å². The molecule has 0 atom stereocenters. The van der Waals surface area contributed by atoms with Crippen LogP contribution in [-0.2, 0) is 26.7 Å². The minimum Gasteiger partial charge on any atom is -0.497 e. The maximum atomic E-state index is 13.4. The summed E-state index contributed by atoms with van der Waals surface area (Å²) in [5.41, 5.74) is 1.74. The Hall–Kier alpha value is -4.55. The smallest absolute Gasteiger partial charge is 0.407 e. The molecule has 11 nitrogen and oxygen atoms in total. The van der Waals surface area contributed by atoms with Crippen molar-refractivity contribution in [2.24, 2.45) is 0 Å². The second-order valence-corrected chi connectivity index (χ2v) is 12.5. The minimum absolute atomic E-state index is 0.0202. The molecule has 0 aliphatic rings. The molecule has 232 valence electrons. The Morgan fingerprint density at radius 2 is 1.68 bits per heavy atom. The lowest BCUT2D eigenvalue weighted by molar-refractivity contribution is 0.122. The highest BCUT2D eigenvalue weighted by Gasteiger charge is 2.24. The van der Waals surface area contributed by atoms with Crippen LogP contribution in [0.3, 0.4) is 0 Å². The number of halogens is 1. The van der Waals surface area contributed by atoms with Crippen molar-refractivity contribution >= 4 is 33.5 Å². The quantitative estimate of drug-likeness (QED) is 0.170. The highest BCUT2D eigenvalue weighted by atomic mass is 35.5. The Morgan fingerprint density at radius 1 is 0.955 bits per heavy atom. The first-order chi connectivity index (χ1) is 21.0. The first-order valence-corrected chi connectivity index (χ1v) is 15.4. The van der Waals surface area contributed by atoms with Gasteiger partial charge in [-0.05, 0) is 40.8 Å². The lowest BCUT2D eigenvalue weighted by Crippen LogP contribution is -2.25. The highest BCUT2D eigenvalue weighted by Crippen LogP contribution is 2.40. The lowest BCUT2D eigenvalue weighted by Gasteiger charge is -2.19. The third-order valence-electron chi connectivity index (χ3n) is 6.22. The van der Waals surface area contributed by atoms with E-state index in [1.165, 1.54) is 25.3 Å². The first-order valence-electron chi connectivity index (χ1n) is 13.5. The van der Waals surface area contributed by atoms with E-state index < -0.39 is 16.1 Å². The largest absolute Gasteiger partial charge is 0.497 e. The Kier molecular flexibility index (Phi) is 10.5. The molecule has 0 radical (unpaired) electrons. The fourth-order valence-electron chi connectivity index (χ4n) is 3.84. The molecule has 0 aliphatic carbocycles. The van der Waals surface area contributed by atoms with Crippen LogP contribution in [0.25, 0.3) is 0 Å². The number of alkyl carbamates (subject to hydrolysis) is 1. The summed E-state index contributed by atoms with van der Waals surface area (Å²) in [6, 6.07) is 20.6. The normalized spacial score (nSPS) is 11.4. The molecular weight excluding hydrogens is 608 g/mol. The summed E-state index contributed by atoms with van der Waals surface area (Å²) >= 11 is 6.36. The van der Waals surface area contributed by atoms with Gasteiger partial charge in [0.15, 0.2) is 5.82 Å². The van der Waals surface area contributed by atoms with E-state index >= 15 is 0 Å². The summed E-state index contributed by atoms with van der Waals surface area (Å²) in [4.78, 5) is 20.4. The van der Waals surface area contributed by atoms with Gasteiger partial charge in [-0.2, -0.15) is 4.98 Å². The van der Waals surface area contributed by atoms with Crippen molar-refractivity contribution < 1.29 is 32.2 Å². The van der Waals surface area contributed by atoms with E-state index in [-0.39, 0.29) is 51.7 Å². The number of ether oxygens (including phenoxy) is 4. The zero-order valence-corrected chi connectivity index (χ0v) is 26.2. The summed E-state index contributed by atoms with van der Waals surface area (Å²) in [5.74, 6) is 0.103. The van der Waals surface area contributed by atoms with Crippen LogP contribution in [0.2, 0.25) is 5.02 Å². The standard InChI is InChI=1S/C31H33ClN4O7S/c1-31(2,3)22-10-13-24(14-11-22)44(38,39)36-28-27(43-26-18-23(40-4)12-15-25(26)32)29(35-20-34-28)41-16-17-42-30(37)33-19-21-8-6-5-7-9-21/h5-15,18,20H,16-17,19H2,1-4H3,(H,33,37)(H,34,35,36). The number of carbonyl (C=O) groups excluding carboxylic acids is 1. The van der Waals surface area contributed by atoms with Crippen molar-refractivity contribution in [3.63, 3.8) is 0 Å². The van der Waals surface area contributed by atoms with E-state index in [0.29, 0.717) is 12.3 Å². The fraction of sp³-hybridized carbons (Fsp3) is 0.258. The number of nitrogens with one attached hydrogen (secondary N) is 2. The average Bonchev–Trinajstić information content (AvgIpc) is 3.00. The predicted octanol–water partition coefficient (Wildman–Crippen LogP) is 6.33. The molecule has 0 saturated heterocycles. The van der Waals surface area contributed by atoms with Gasteiger partial charge in [0, 0.05) is 12.6 Å². The zero-order chi connectivity index (χ0) is 31.7. The van der Waals surface area contributed by atoms with E-state index in [1.54, 1.807) is 24.3 Å². The number of amides is 1. The monoisotopic (exact) mass is 640 g/mol. The minimum atomic E-state index is -4.11. The maximum Gasteiger partial charge on any atom is 0.407 e. The van der Waals surface area contributed by atoms with E-state index in [0.717, 1.165) is 17.5 Å². The SMILES string of the molecule is COc1ccc(Cl)c(Oc2c(NS(=O)(=O)c3ccc(C(C)(C)C)cc3)ncnc2OCCOC(=O)NCc2ccccc2)c1. The Balaban J connectivity index is 1.53. The van der Waals surface area contributed by atoms with E-state index in [9.17, 15) is 13.2 Å². The Labute approximate surface area is 261 Å². The molecule has 3 aromatic carbocycles. The number of aromatic nitrogens is 2. The number of sulfonamides is 1. The zero-order valence-electron chi connectivity index (χ0n) is 24.7. The van der Waals surface area contributed by atoms with Gasteiger partial charge < -0.3 is 24.3 Å². The van der Waals surface area contributed by atoms with Gasteiger partial charge in [-0.25, -0.2) is 18.2 Å². The van der Waals surface area contributed by atoms with E-state index in [2.05, 4.69) is 20.0 Å². The van der Waals surface area contributed by atoms with Crippen LogP contribution in [0.4, 0.5) is 10.6 Å². The number of hydrogen-bond acceptors (Lipinski definition) is 9. The molecule has 1 amide bonds. The molecular formula is C31H33ClN4O7S. The summed E-state index contributed by atoms with van der Waals surface area (Å²) < 4.78 is 51.4. The molecule has 0 aliphatic heterocycles. The lowest BCUT2D eigenvalue weighted by atomic mass is 9.87. The second kappa shape index (κ2) is 14.3. The summed E-state index contributed by atoms with van der Waals surface area (Å²) in [6.07, 6.45) is 0.481. The number of benzene rings is 3. The van der Waals surface area contributed by atoms with Gasteiger partial charge in [-0.3, -0.25) is 4.72 Å². The molecule has 0 fully saturated rings. The molecule has 13 heteroatoms. The molecule has 4 rings (SSSR count). The van der Waals surface area contributed by atoms with Gasteiger partial charge >= 0.3 is 6.09 Å². The van der Waals surface area contributed by atoms with Gasteiger partial charge in [0.1, 0.15) is 31.0 Å². The van der Waals surface area contributed by atoms with Crippen LogP contribution in [0.15, 0.2) is 84.0 Å². The average molecular weight is 641 g/mol. The molecule has 1 heterocycles. The highest BCUT2D eigenvalue weighted by molar-refractivity contribution is 7.92. The van der Waals surface area contributed by atoms with Crippen LogP contribution in [0.5, 0.6) is 23.1 Å². The molecule has 0 saturated carbocycles. The van der Waals surface area contributed by atoms with Gasteiger partial charge in [0.2, 0.25) is 5.75 Å². The van der Waals surface area contributed by atoms with Crippen molar-refractivity contribution in [3.05, 3.63) is 95.3 Å². The van der Waals surface area contributed by atoms with Crippen LogP contribution >= 0.6 is 11.6 Å².